The van der Waals surface area contributed by atoms with Gasteiger partial charge in [-0.2, -0.15) is 0 Å². The molecule has 0 saturated heterocycles. The van der Waals surface area contributed by atoms with Crippen LogP contribution in [0.2, 0.25) is 10.0 Å². The van der Waals surface area contributed by atoms with E-state index in [1.54, 1.807) is 0 Å². The van der Waals surface area contributed by atoms with Crippen LogP contribution >= 0.6 is 23.2 Å². The third-order valence-corrected chi connectivity index (χ3v) is 2.00. The van der Waals surface area contributed by atoms with Crippen LogP contribution in [0.15, 0.2) is 18.2 Å². The van der Waals surface area contributed by atoms with Gasteiger partial charge < -0.3 is 5.11 Å². The smallest absolute Gasteiger partial charge is 0.337 e. The van der Waals surface area contributed by atoms with Gasteiger partial charge in [0.05, 0.1) is 15.6 Å². The van der Waals surface area contributed by atoms with Gasteiger partial charge in [-0.25, -0.2) is 4.79 Å². The van der Waals surface area contributed by atoms with Crippen molar-refractivity contribution < 1.29 is 29.4 Å². The minimum atomic E-state index is -1.07. The molecule has 2 nitrogen and oxygen atoms in total. The normalized spacial score (nSPS) is 8.83. The van der Waals surface area contributed by atoms with Gasteiger partial charge in [-0.1, -0.05) is 29.3 Å². The fourth-order valence-electron chi connectivity index (χ4n) is 0.669. The van der Waals surface area contributed by atoms with Gasteiger partial charge in [0.15, 0.2) is 0 Å². The molecule has 0 heterocycles. The Balaban J connectivity index is 0.00000121. The molecule has 12 heavy (non-hydrogen) atoms. The Bertz CT molecular complexity index is 301. The number of carbonyl (C=O) groups is 1. The number of carboxylic acid groups (broad SMARTS) is 1. The maximum Gasteiger partial charge on any atom is 0.337 e. The van der Waals surface area contributed by atoms with Crippen LogP contribution in [-0.4, -0.2) is 11.1 Å². The summed E-state index contributed by atoms with van der Waals surface area (Å²) in [4.78, 5) is 10.4. The summed E-state index contributed by atoms with van der Waals surface area (Å²) in [5, 5.41) is 8.89. The fourth-order valence-corrected chi connectivity index (χ4v) is 1.05. The molecule has 1 N–H and O–H groups in total. The molecule has 0 aliphatic carbocycles. The Morgan fingerprint density at radius 1 is 1.33 bits per heavy atom. The summed E-state index contributed by atoms with van der Waals surface area (Å²) in [6, 6.07) is 4.48. The predicted molar refractivity (Wildman–Crippen MR) is 43.4 cm³/mol. The van der Waals surface area contributed by atoms with Crippen molar-refractivity contribution in [1.82, 2.24) is 0 Å². The third-order valence-electron chi connectivity index (χ3n) is 1.18. The van der Waals surface area contributed by atoms with Crippen LogP contribution < -0.4 is 0 Å². The summed E-state index contributed by atoms with van der Waals surface area (Å²) in [7, 11) is 0. The van der Waals surface area contributed by atoms with Crippen molar-refractivity contribution in [2.75, 3.05) is 0 Å². The van der Waals surface area contributed by atoms with E-state index >= 15 is 0 Å². The molecule has 0 bridgehead atoms. The first-order valence-corrected chi connectivity index (χ1v) is 3.56. The second-order valence-electron chi connectivity index (χ2n) is 1.91. The number of aromatic carboxylic acids is 1. The summed E-state index contributed by atoms with van der Waals surface area (Å²) in [5.41, 5.74) is 0.0270. The first-order chi connectivity index (χ1) is 5.13. The number of hydrogen-bond donors (Lipinski definition) is 1. The van der Waals surface area contributed by atoms with Crippen LogP contribution in [0, 0.1) is 0 Å². The Morgan fingerprint density at radius 3 is 2.33 bits per heavy atom. The van der Waals surface area contributed by atoms with Gasteiger partial charge in [0.1, 0.15) is 0 Å². The average molecular weight is 256 g/mol. The zero-order chi connectivity index (χ0) is 8.43. The molecule has 1 rings (SSSR count). The Morgan fingerprint density at radius 2 is 1.92 bits per heavy atom. The van der Waals surface area contributed by atoms with Gasteiger partial charge in [-0.3, -0.25) is 0 Å². The first kappa shape index (κ1) is 11.9. The summed E-state index contributed by atoms with van der Waals surface area (Å²) in [6.07, 6.45) is 0. The number of benzene rings is 1. The number of halogens is 2. The van der Waals surface area contributed by atoms with E-state index in [9.17, 15) is 4.79 Å². The quantitative estimate of drug-likeness (QED) is 0.784. The van der Waals surface area contributed by atoms with Crippen LogP contribution in [0.1, 0.15) is 10.4 Å². The molecule has 0 atom stereocenters. The number of rotatable bonds is 1. The molecule has 1 aromatic carbocycles. The first-order valence-electron chi connectivity index (χ1n) is 2.80. The Hall–Kier alpha value is -0.107. The van der Waals surface area contributed by atoms with E-state index in [0.717, 1.165) is 0 Å². The van der Waals surface area contributed by atoms with Crippen molar-refractivity contribution in [3.63, 3.8) is 0 Å². The van der Waals surface area contributed by atoms with E-state index in [1.165, 1.54) is 18.2 Å². The molecule has 0 fully saturated rings. The van der Waals surface area contributed by atoms with Crippen molar-refractivity contribution in [2.45, 2.75) is 0 Å². The molecule has 5 heteroatoms. The van der Waals surface area contributed by atoms with Gasteiger partial charge in [-0.15, -0.1) is 0 Å². The fraction of sp³-hybridized carbons (Fsp3) is 0. The van der Waals surface area contributed by atoms with Crippen LogP contribution in [0.5, 0.6) is 0 Å². The zero-order valence-corrected chi connectivity index (χ0v) is 10.5. The van der Waals surface area contributed by atoms with Gasteiger partial charge >= 0.3 is 5.97 Å². The van der Waals surface area contributed by atoms with Crippen molar-refractivity contribution in [3.8, 4) is 0 Å². The van der Waals surface area contributed by atoms with Gasteiger partial charge in [0, 0.05) is 19.5 Å². The minimum Gasteiger partial charge on any atom is -0.478 e. The molecule has 0 saturated carbocycles. The summed E-state index contributed by atoms with van der Waals surface area (Å²) >= 11 is 11.1. The van der Waals surface area contributed by atoms with E-state index in [-0.39, 0.29) is 35.1 Å². The van der Waals surface area contributed by atoms with Crippen LogP contribution in [0.3, 0.4) is 0 Å². The second-order valence-corrected chi connectivity index (χ2v) is 2.69. The van der Waals surface area contributed by atoms with Crippen molar-refractivity contribution in [2.24, 2.45) is 0 Å². The van der Waals surface area contributed by atoms with Gasteiger partial charge in [0.2, 0.25) is 0 Å². The molecule has 60 valence electrons. The summed E-state index contributed by atoms with van der Waals surface area (Å²) in [6.45, 7) is 0. The molecule has 0 aromatic heterocycles. The van der Waals surface area contributed by atoms with Gasteiger partial charge in [0.25, 0.3) is 0 Å². The molecule has 0 aliphatic heterocycles. The molecule has 0 spiro atoms. The van der Waals surface area contributed by atoms with E-state index in [0.29, 0.717) is 0 Å². The zero-order valence-electron chi connectivity index (χ0n) is 6.05. The standard InChI is InChI=1S/C7H4Cl2O2.Zn/c8-5-3-1-2-4(6(5)9)7(10)11;/h1-3H,(H,10,11);. The van der Waals surface area contributed by atoms with Crippen molar-refractivity contribution in [3.05, 3.63) is 33.8 Å². The number of carboxylic acids is 1. The third kappa shape index (κ3) is 2.44. The van der Waals surface area contributed by atoms with Crippen molar-refractivity contribution in [1.29, 1.82) is 0 Å². The molecule has 0 radical (unpaired) electrons. The van der Waals surface area contributed by atoms with Crippen LogP contribution in [0.4, 0.5) is 0 Å². The Kier molecular flexibility index (Phi) is 4.76. The topological polar surface area (TPSA) is 37.3 Å². The molecule has 0 unspecified atom stereocenters. The summed E-state index contributed by atoms with van der Waals surface area (Å²) < 4.78 is 0. The largest absolute Gasteiger partial charge is 0.478 e. The minimum absolute atomic E-state index is 0. The predicted octanol–water partition coefficient (Wildman–Crippen LogP) is 2.69. The molecule has 0 aliphatic rings. The maximum atomic E-state index is 10.4. The van der Waals surface area contributed by atoms with Gasteiger partial charge in [-0.05, 0) is 12.1 Å². The van der Waals surface area contributed by atoms with Crippen LogP contribution in [-0.2, 0) is 19.5 Å². The van der Waals surface area contributed by atoms with E-state index in [1.807, 2.05) is 0 Å². The van der Waals surface area contributed by atoms with Crippen molar-refractivity contribution >= 4 is 29.2 Å². The number of hydrogen-bond acceptors (Lipinski definition) is 1. The summed E-state index contributed by atoms with van der Waals surface area (Å²) in [5.74, 6) is -1.07. The molecular formula is C7H4Cl2O2Zn. The average Bonchev–Trinajstić information content (AvgIpc) is 1.94. The van der Waals surface area contributed by atoms with E-state index < -0.39 is 5.97 Å². The molecule has 1 aromatic rings. The van der Waals surface area contributed by atoms with E-state index in [4.69, 9.17) is 28.3 Å². The van der Waals surface area contributed by atoms with Crippen LogP contribution in [0.25, 0.3) is 0 Å². The van der Waals surface area contributed by atoms with E-state index in [2.05, 4.69) is 0 Å². The monoisotopic (exact) mass is 254 g/mol. The molecular weight excluding hydrogens is 252 g/mol. The SMILES string of the molecule is O=C(O)c1cccc(Cl)c1Cl.[Zn]. The molecule has 0 amide bonds. The Labute approximate surface area is 92.2 Å². The maximum absolute atomic E-state index is 10.4. The second kappa shape index (κ2) is 4.81.